The maximum Gasteiger partial charge on any atom is 0.151 e. The van der Waals surface area contributed by atoms with Crippen LogP contribution in [0.15, 0.2) is 30.3 Å². The number of hydrogen-bond acceptors (Lipinski definition) is 1. The zero-order chi connectivity index (χ0) is 13.3. The fraction of sp³-hybridized carbons (Fsp3) is 0. The second-order valence-electron chi connectivity index (χ2n) is 3.57. The highest BCUT2D eigenvalue weighted by Crippen LogP contribution is 2.38. The standard InChI is InChI=1S/C13H6Cl4O/c14-10-5-12(16)11(15)4-9(10)8-3-1-2-7(6-18)13(8)17/h1-6H. The molecule has 0 saturated carbocycles. The Morgan fingerprint density at radius 3 is 2.17 bits per heavy atom. The molecular formula is C13H6Cl4O. The molecule has 0 saturated heterocycles. The van der Waals surface area contributed by atoms with E-state index in [4.69, 9.17) is 46.4 Å². The molecule has 0 radical (unpaired) electrons. The van der Waals surface area contributed by atoms with Crippen molar-refractivity contribution in [2.24, 2.45) is 0 Å². The lowest BCUT2D eigenvalue weighted by atomic mass is 10.0. The van der Waals surface area contributed by atoms with Gasteiger partial charge < -0.3 is 0 Å². The molecule has 1 nitrogen and oxygen atoms in total. The fourth-order valence-electron chi connectivity index (χ4n) is 1.58. The lowest BCUT2D eigenvalue weighted by Gasteiger charge is -2.09. The molecule has 0 amide bonds. The van der Waals surface area contributed by atoms with Gasteiger partial charge in [0.25, 0.3) is 0 Å². The summed E-state index contributed by atoms with van der Waals surface area (Å²) in [5.41, 5.74) is 1.68. The minimum atomic E-state index is 0.341. The van der Waals surface area contributed by atoms with Crippen LogP contribution in [0.5, 0.6) is 0 Å². The van der Waals surface area contributed by atoms with Gasteiger partial charge in [0.15, 0.2) is 6.29 Å². The van der Waals surface area contributed by atoms with Gasteiger partial charge in [0.2, 0.25) is 0 Å². The zero-order valence-electron chi connectivity index (χ0n) is 8.88. The van der Waals surface area contributed by atoms with Crippen molar-refractivity contribution in [1.82, 2.24) is 0 Å². The van der Waals surface area contributed by atoms with Crippen LogP contribution in [0.4, 0.5) is 0 Å². The highest BCUT2D eigenvalue weighted by molar-refractivity contribution is 6.44. The Balaban J connectivity index is 2.69. The summed E-state index contributed by atoms with van der Waals surface area (Å²) in [6.45, 7) is 0. The number of benzene rings is 2. The highest BCUT2D eigenvalue weighted by Gasteiger charge is 2.13. The second kappa shape index (κ2) is 5.50. The van der Waals surface area contributed by atoms with Crippen molar-refractivity contribution in [3.8, 4) is 11.1 Å². The van der Waals surface area contributed by atoms with Crippen molar-refractivity contribution in [3.05, 3.63) is 56.0 Å². The van der Waals surface area contributed by atoms with Crippen LogP contribution in [0.25, 0.3) is 11.1 Å². The summed E-state index contributed by atoms with van der Waals surface area (Å²) >= 11 is 24.1. The molecule has 2 rings (SSSR count). The molecular weight excluding hydrogens is 314 g/mol. The van der Waals surface area contributed by atoms with Crippen molar-refractivity contribution in [1.29, 1.82) is 0 Å². The Bertz CT molecular complexity index is 623. The topological polar surface area (TPSA) is 17.1 Å². The minimum absolute atomic E-state index is 0.341. The number of carbonyl (C=O) groups is 1. The normalized spacial score (nSPS) is 10.4. The lowest BCUT2D eigenvalue weighted by molar-refractivity contribution is 0.112. The maximum absolute atomic E-state index is 10.9. The van der Waals surface area contributed by atoms with Crippen LogP contribution in [-0.2, 0) is 0 Å². The summed E-state index contributed by atoms with van der Waals surface area (Å²) in [5.74, 6) is 0. The monoisotopic (exact) mass is 318 g/mol. The molecule has 0 aliphatic heterocycles. The average molecular weight is 320 g/mol. The quantitative estimate of drug-likeness (QED) is 0.506. The molecule has 0 aliphatic rings. The number of rotatable bonds is 2. The summed E-state index contributed by atoms with van der Waals surface area (Å²) in [4.78, 5) is 10.9. The summed E-state index contributed by atoms with van der Waals surface area (Å²) in [6, 6.07) is 8.29. The van der Waals surface area contributed by atoms with E-state index in [0.29, 0.717) is 43.1 Å². The Morgan fingerprint density at radius 2 is 1.50 bits per heavy atom. The van der Waals surface area contributed by atoms with E-state index in [-0.39, 0.29) is 0 Å². The minimum Gasteiger partial charge on any atom is -0.298 e. The maximum atomic E-state index is 10.9. The number of aldehydes is 1. The van der Waals surface area contributed by atoms with Crippen molar-refractivity contribution in [3.63, 3.8) is 0 Å². The van der Waals surface area contributed by atoms with Gasteiger partial charge in [-0.05, 0) is 12.1 Å². The highest BCUT2D eigenvalue weighted by atomic mass is 35.5. The molecule has 0 atom stereocenters. The number of carbonyl (C=O) groups excluding carboxylic acids is 1. The lowest BCUT2D eigenvalue weighted by Crippen LogP contribution is -1.88. The van der Waals surface area contributed by atoms with Crippen LogP contribution in [0.1, 0.15) is 10.4 Å². The first kappa shape index (κ1) is 13.7. The average Bonchev–Trinajstić information content (AvgIpc) is 2.34. The van der Waals surface area contributed by atoms with Crippen LogP contribution in [0, 0.1) is 0 Å². The van der Waals surface area contributed by atoms with Gasteiger partial charge in [-0.15, -0.1) is 0 Å². The third-order valence-corrected chi connectivity index (χ3v) is 3.91. The van der Waals surface area contributed by atoms with E-state index in [1.807, 2.05) is 0 Å². The molecule has 0 aromatic heterocycles. The number of halogens is 4. The smallest absolute Gasteiger partial charge is 0.151 e. The molecule has 0 N–H and O–H groups in total. The van der Waals surface area contributed by atoms with Crippen molar-refractivity contribution in [2.75, 3.05) is 0 Å². The Hall–Kier alpha value is -0.730. The van der Waals surface area contributed by atoms with Gasteiger partial charge in [-0.2, -0.15) is 0 Å². The van der Waals surface area contributed by atoms with Gasteiger partial charge in [-0.1, -0.05) is 64.6 Å². The third kappa shape index (κ3) is 2.50. The largest absolute Gasteiger partial charge is 0.298 e. The van der Waals surface area contributed by atoms with E-state index < -0.39 is 0 Å². The Labute approximate surface area is 124 Å². The first-order valence-electron chi connectivity index (χ1n) is 4.93. The molecule has 0 heterocycles. The summed E-state index contributed by atoms with van der Waals surface area (Å²) in [5, 5.41) is 1.51. The van der Waals surface area contributed by atoms with Gasteiger partial charge in [0, 0.05) is 16.7 Å². The van der Waals surface area contributed by atoms with Crippen LogP contribution in [0.2, 0.25) is 20.1 Å². The van der Waals surface area contributed by atoms with Gasteiger partial charge in [-0.3, -0.25) is 4.79 Å². The van der Waals surface area contributed by atoms with E-state index in [0.717, 1.165) is 0 Å². The van der Waals surface area contributed by atoms with Gasteiger partial charge >= 0.3 is 0 Å². The van der Waals surface area contributed by atoms with Gasteiger partial charge in [0.1, 0.15) is 0 Å². The van der Waals surface area contributed by atoms with E-state index in [2.05, 4.69) is 0 Å². The predicted molar refractivity (Wildman–Crippen MR) is 77.3 cm³/mol. The van der Waals surface area contributed by atoms with Gasteiger partial charge in [0.05, 0.1) is 20.1 Å². The summed E-state index contributed by atoms with van der Waals surface area (Å²) < 4.78 is 0. The van der Waals surface area contributed by atoms with Crippen LogP contribution in [0.3, 0.4) is 0 Å². The second-order valence-corrected chi connectivity index (χ2v) is 5.17. The van der Waals surface area contributed by atoms with Crippen LogP contribution in [-0.4, -0.2) is 6.29 Å². The first-order valence-corrected chi connectivity index (χ1v) is 6.44. The van der Waals surface area contributed by atoms with E-state index in [9.17, 15) is 4.79 Å². The van der Waals surface area contributed by atoms with E-state index >= 15 is 0 Å². The molecule has 92 valence electrons. The zero-order valence-corrected chi connectivity index (χ0v) is 11.9. The summed E-state index contributed by atoms with van der Waals surface area (Å²) in [7, 11) is 0. The molecule has 0 bridgehead atoms. The first-order chi connectivity index (χ1) is 8.54. The molecule has 18 heavy (non-hydrogen) atoms. The Kier molecular flexibility index (Phi) is 4.18. The fourth-order valence-corrected chi connectivity index (χ4v) is 2.50. The summed E-state index contributed by atoms with van der Waals surface area (Å²) in [6.07, 6.45) is 0.692. The molecule has 5 heteroatoms. The molecule has 0 aliphatic carbocycles. The van der Waals surface area contributed by atoms with E-state index in [1.165, 1.54) is 0 Å². The molecule has 2 aromatic carbocycles. The SMILES string of the molecule is O=Cc1cccc(-c2cc(Cl)c(Cl)cc2Cl)c1Cl. The van der Waals surface area contributed by atoms with Crippen LogP contribution >= 0.6 is 46.4 Å². The molecule has 0 spiro atoms. The molecule has 0 unspecified atom stereocenters. The third-order valence-electron chi connectivity index (χ3n) is 2.46. The van der Waals surface area contributed by atoms with Crippen LogP contribution < -0.4 is 0 Å². The predicted octanol–water partition coefficient (Wildman–Crippen LogP) is 5.78. The van der Waals surface area contributed by atoms with E-state index in [1.54, 1.807) is 30.3 Å². The van der Waals surface area contributed by atoms with Crippen molar-refractivity contribution < 1.29 is 4.79 Å². The Morgan fingerprint density at radius 1 is 0.833 bits per heavy atom. The van der Waals surface area contributed by atoms with Crippen molar-refractivity contribution in [2.45, 2.75) is 0 Å². The number of hydrogen-bond donors (Lipinski definition) is 0. The van der Waals surface area contributed by atoms with Crippen molar-refractivity contribution >= 4 is 52.7 Å². The van der Waals surface area contributed by atoms with Gasteiger partial charge in [-0.25, -0.2) is 0 Å². The molecule has 0 fully saturated rings. The molecule has 2 aromatic rings.